The number of nitrogens with zero attached hydrogens (tertiary/aromatic N) is 1. The van der Waals surface area contributed by atoms with E-state index in [0.717, 1.165) is 48.4 Å². The van der Waals surface area contributed by atoms with E-state index < -0.39 is 0 Å². The third kappa shape index (κ3) is 3.19. The molecule has 0 aliphatic heterocycles. The molecular formula is C16H23FN2S. The minimum Gasteiger partial charge on any atom is -0.312 e. The third-order valence-electron chi connectivity index (χ3n) is 3.66. The molecule has 1 heterocycles. The molecule has 0 atom stereocenters. The summed E-state index contributed by atoms with van der Waals surface area (Å²) in [6.07, 6.45) is 0. The number of thiophene rings is 1. The normalized spacial score (nSPS) is 11.7. The number of hydrogen-bond acceptors (Lipinski definition) is 3. The van der Waals surface area contributed by atoms with Gasteiger partial charge in [-0.1, -0.05) is 26.8 Å². The summed E-state index contributed by atoms with van der Waals surface area (Å²) in [5.74, 6) is -0.0938. The standard InChI is InChI=1S/C16H23FN2S/c1-4-18-10-15-12(11-19(5-2)6-3)16-13(17)8-7-9-14(16)20-15/h7-9,18H,4-6,10-11H2,1-3H3. The Morgan fingerprint density at radius 2 is 1.95 bits per heavy atom. The minimum absolute atomic E-state index is 0.0938. The lowest BCUT2D eigenvalue weighted by atomic mass is 10.1. The molecule has 0 unspecified atom stereocenters. The molecule has 0 aliphatic rings. The summed E-state index contributed by atoms with van der Waals surface area (Å²) in [6.45, 7) is 11.0. The van der Waals surface area contributed by atoms with Crippen LogP contribution in [0, 0.1) is 5.82 Å². The van der Waals surface area contributed by atoms with Crippen molar-refractivity contribution < 1.29 is 4.39 Å². The van der Waals surface area contributed by atoms with Gasteiger partial charge in [-0.3, -0.25) is 4.90 Å². The molecule has 0 bridgehead atoms. The van der Waals surface area contributed by atoms with Crippen molar-refractivity contribution in [1.29, 1.82) is 0 Å². The van der Waals surface area contributed by atoms with E-state index in [1.165, 1.54) is 4.88 Å². The predicted molar refractivity (Wildman–Crippen MR) is 85.8 cm³/mol. The van der Waals surface area contributed by atoms with E-state index in [9.17, 15) is 4.39 Å². The molecular weight excluding hydrogens is 271 g/mol. The Labute approximate surface area is 124 Å². The summed E-state index contributed by atoms with van der Waals surface area (Å²) in [4.78, 5) is 3.60. The lowest BCUT2D eigenvalue weighted by Gasteiger charge is -2.19. The second-order valence-corrected chi connectivity index (χ2v) is 6.00. The topological polar surface area (TPSA) is 15.3 Å². The Balaban J connectivity index is 2.45. The fraction of sp³-hybridized carbons (Fsp3) is 0.500. The highest BCUT2D eigenvalue weighted by atomic mass is 32.1. The van der Waals surface area contributed by atoms with E-state index >= 15 is 0 Å². The largest absolute Gasteiger partial charge is 0.312 e. The molecule has 4 heteroatoms. The number of halogens is 1. The lowest BCUT2D eigenvalue weighted by molar-refractivity contribution is 0.296. The smallest absolute Gasteiger partial charge is 0.132 e. The van der Waals surface area contributed by atoms with Crippen LogP contribution in [0.25, 0.3) is 10.1 Å². The van der Waals surface area contributed by atoms with Gasteiger partial charge in [0.25, 0.3) is 0 Å². The second kappa shape index (κ2) is 7.16. The predicted octanol–water partition coefficient (Wildman–Crippen LogP) is 3.99. The highest BCUT2D eigenvalue weighted by molar-refractivity contribution is 7.19. The summed E-state index contributed by atoms with van der Waals surface area (Å²) in [6, 6.07) is 5.38. The van der Waals surface area contributed by atoms with Crippen LogP contribution in [0.4, 0.5) is 4.39 Å². The van der Waals surface area contributed by atoms with Gasteiger partial charge in [-0.2, -0.15) is 0 Å². The van der Waals surface area contributed by atoms with Crippen molar-refractivity contribution >= 4 is 21.4 Å². The average Bonchev–Trinajstić information content (AvgIpc) is 2.81. The number of fused-ring (bicyclic) bond motifs is 1. The van der Waals surface area contributed by atoms with Gasteiger partial charge in [0.2, 0.25) is 0 Å². The Kier molecular flexibility index (Phi) is 5.52. The van der Waals surface area contributed by atoms with Crippen LogP contribution in [0.15, 0.2) is 18.2 Å². The Hall–Kier alpha value is -0.970. The van der Waals surface area contributed by atoms with Crippen molar-refractivity contribution in [2.45, 2.75) is 33.9 Å². The van der Waals surface area contributed by atoms with Crippen molar-refractivity contribution in [1.82, 2.24) is 10.2 Å². The first-order chi connectivity index (χ1) is 9.71. The summed E-state index contributed by atoms with van der Waals surface area (Å²) in [7, 11) is 0. The van der Waals surface area contributed by atoms with Crippen LogP contribution in [0.2, 0.25) is 0 Å². The number of hydrogen-bond donors (Lipinski definition) is 1. The maximum atomic E-state index is 14.2. The zero-order chi connectivity index (χ0) is 14.5. The highest BCUT2D eigenvalue weighted by Crippen LogP contribution is 2.34. The van der Waals surface area contributed by atoms with Crippen LogP contribution in [0.3, 0.4) is 0 Å². The van der Waals surface area contributed by atoms with Crippen molar-refractivity contribution in [3.05, 3.63) is 34.5 Å². The maximum absolute atomic E-state index is 14.2. The van der Waals surface area contributed by atoms with E-state index in [1.54, 1.807) is 23.5 Å². The summed E-state index contributed by atoms with van der Waals surface area (Å²) < 4.78 is 15.3. The quantitative estimate of drug-likeness (QED) is 0.830. The molecule has 1 aromatic carbocycles. The van der Waals surface area contributed by atoms with Gasteiger partial charge in [0.05, 0.1) is 0 Å². The van der Waals surface area contributed by atoms with Crippen LogP contribution in [0.5, 0.6) is 0 Å². The van der Waals surface area contributed by atoms with Crippen LogP contribution >= 0.6 is 11.3 Å². The van der Waals surface area contributed by atoms with Gasteiger partial charge in [-0.25, -0.2) is 4.39 Å². The van der Waals surface area contributed by atoms with Crippen molar-refractivity contribution in [3.8, 4) is 0 Å². The molecule has 0 saturated carbocycles. The fourth-order valence-electron chi connectivity index (χ4n) is 2.44. The van der Waals surface area contributed by atoms with Crippen LogP contribution in [-0.2, 0) is 13.1 Å². The monoisotopic (exact) mass is 294 g/mol. The Morgan fingerprint density at radius 3 is 2.60 bits per heavy atom. The molecule has 0 saturated heterocycles. The first kappa shape index (κ1) is 15.4. The molecule has 0 aliphatic carbocycles. The van der Waals surface area contributed by atoms with Gasteiger partial charge in [0.15, 0.2) is 0 Å². The molecule has 2 aromatic rings. The van der Waals surface area contributed by atoms with E-state index in [0.29, 0.717) is 0 Å². The first-order valence-electron chi connectivity index (χ1n) is 7.33. The number of benzene rings is 1. The van der Waals surface area contributed by atoms with E-state index in [1.807, 2.05) is 6.07 Å². The first-order valence-corrected chi connectivity index (χ1v) is 8.14. The fourth-order valence-corrected chi connectivity index (χ4v) is 3.63. The van der Waals surface area contributed by atoms with Gasteiger partial charge in [-0.05, 0) is 37.3 Å². The Bertz CT molecular complexity index is 561. The van der Waals surface area contributed by atoms with Gasteiger partial charge in [0, 0.05) is 28.1 Å². The number of rotatable bonds is 7. The average molecular weight is 294 g/mol. The van der Waals surface area contributed by atoms with Gasteiger partial charge in [0.1, 0.15) is 5.82 Å². The van der Waals surface area contributed by atoms with E-state index in [-0.39, 0.29) is 5.82 Å². The Morgan fingerprint density at radius 1 is 1.20 bits per heavy atom. The molecule has 1 aromatic heterocycles. The molecule has 2 nitrogen and oxygen atoms in total. The zero-order valence-corrected chi connectivity index (χ0v) is 13.3. The SMILES string of the molecule is CCNCc1sc2cccc(F)c2c1CN(CC)CC. The molecule has 0 radical (unpaired) electrons. The molecule has 0 fully saturated rings. The van der Waals surface area contributed by atoms with Crippen molar-refractivity contribution in [2.24, 2.45) is 0 Å². The van der Waals surface area contributed by atoms with Gasteiger partial charge in [-0.15, -0.1) is 11.3 Å². The third-order valence-corrected chi connectivity index (χ3v) is 4.86. The second-order valence-electron chi connectivity index (χ2n) is 4.86. The van der Waals surface area contributed by atoms with Crippen molar-refractivity contribution in [2.75, 3.05) is 19.6 Å². The van der Waals surface area contributed by atoms with Crippen molar-refractivity contribution in [3.63, 3.8) is 0 Å². The number of nitrogens with one attached hydrogen (secondary N) is 1. The van der Waals surface area contributed by atoms with Gasteiger partial charge < -0.3 is 5.32 Å². The zero-order valence-electron chi connectivity index (χ0n) is 12.5. The minimum atomic E-state index is -0.0938. The molecule has 20 heavy (non-hydrogen) atoms. The molecule has 0 spiro atoms. The highest BCUT2D eigenvalue weighted by Gasteiger charge is 2.16. The molecule has 1 N–H and O–H groups in total. The lowest BCUT2D eigenvalue weighted by Crippen LogP contribution is -2.23. The van der Waals surface area contributed by atoms with Crippen LogP contribution in [-0.4, -0.2) is 24.5 Å². The van der Waals surface area contributed by atoms with Gasteiger partial charge >= 0.3 is 0 Å². The molecule has 110 valence electrons. The van der Waals surface area contributed by atoms with E-state index in [4.69, 9.17) is 0 Å². The van der Waals surface area contributed by atoms with E-state index in [2.05, 4.69) is 31.0 Å². The molecule has 0 amide bonds. The van der Waals surface area contributed by atoms with Crippen LogP contribution < -0.4 is 5.32 Å². The summed E-state index contributed by atoms with van der Waals surface area (Å²) in [5, 5.41) is 4.18. The van der Waals surface area contributed by atoms with Crippen LogP contribution in [0.1, 0.15) is 31.2 Å². The maximum Gasteiger partial charge on any atom is 0.132 e. The summed E-state index contributed by atoms with van der Waals surface area (Å²) in [5.41, 5.74) is 1.16. The summed E-state index contributed by atoms with van der Waals surface area (Å²) >= 11 is 1.71. The molecule has 2 rings (SSSR count).